The van der Waals surface area contributed by atoms with Crippen molar-refractivity contribution >= 4 is 52.3 Å². The van der Waals surface area contributed by atoms with Crippen LogP contribution in [0.1, 0.15) is 31.2 Å². The molecule has 0 saturated heterocycles. The maximum absolute atomic E-state index is 13.8. The lowest BCUT2D eigenvalue weighted by atomic mass is 10.0. The van der Waals surface area contributed by atoms with E-state index in [1.165, 1.54) is 15.9 Å². The van der Waals surface area contributed by atoms with E-state index in [0.29, 0.717) is 42.2 Å². The van der Waals surface area contributed by atoms with Crippen molar-refractivity contribution in [3.05, 3.63) is 107 Å². The number of hydrogen-bond donors (Lipinski definition) is 0. The number of rotatable bonds is 6. The molecule has 0 saturated carbocycles. The van der Waals surface area contributed by atoms with Gasteiger partial charge in [-0.1, -0.05) is 46.7 Å². The third-order valence-electron chi connectivity index (χ3n) is 6.32. The summed E-state index contributed by atoms with van der Waals surface area (Å²) in [4.78, 5) is 34.0. The first-order chi connectivity index (χ1) is 18.7. The van der Waals surface area contributed by atoms with Gasteiger partial charge in [-0.05, 0) is 68.0 Å². The average Bonchev–Trinajstić information content (AvgIpc) is 3.50. The molecule has 0 fully saturated rings. The molecule has 1 aliphatic heterocycles. The molecule has 0 bridgehead atoms. The predicted octanol–water partition coefficient (Wildman–Crippen LogP) is 5.43. The van der Waals surface area contributed by atoms with Crippen molar-refractivity contribution in [1.82, 2.24) is 4.57 Å². The van der Waals surface area contributed by atoms with Crippen molar-refractivity contribution in [2.75, 3.05) is 25.6 Å². The first kappa shape index (κ1) is 27.0. The molecule has 0 radical (unpaired) electrons. The van der Waals surface area contributed by atoms with Crippen molar-refractivity contribution in [1.29, 1.82) is 0 Å². The number of anilines is 1. The molecule has 0 aliphatic carbocycles. The predicted molar refractivity (Wildman–Crippen MR) is 155 cm³/mol. The van der Waals surface area contributed by atoms with Crippen LogP contribution < -0.4 is 19.8 Å². The van der Waals surface area contributed by atoms with Crippen LogP contribution in [0, 0.1) is 0 Å². The van der Waals surface area contributed by atoms with E-state index >= 15 is 0 Å². The molecule has 2 aromatic carbocycles. The summed E-state index contributed by atoms with van der Waals surface area (Å²) in [6.07, 6.45) is 1.83. The maximum Gasteiger partial charge on any atom is 0.338 e. The molecule has 1 atom stereocenters. The summed E-state index contributed by atoms with van der Waals surface area (Å²) in [5, 5.41) is 0.820. The number of allylic oxidation sites excluding steroid dienone is 1. The smallest absolute Gasteiger partial charge is 0.338 e. The molecule has 0 unspecified atom stereocenters. The van der Waals surface area contributed by atoms with Gasteiger partial charge in [0.15, 0.2) is 4.80 Å². The van der Waals surface area contributed by atoms with Crippen molar-refractivity contribution in [2.24, 2.45) is 4.99 Å². The lowest BCUT2D eigenvalue weighted by Gasteiger charge is -2.22. The van der Waals surface area contributed by atoms with E-state index in [2.05, 4.69) is 4.99 Å². The van der Waals surface area contributed by atoms with E-state index in [1.54, 1.807) is 44.2 Å². The number of furan rings is 1. The van der Waals surface area contributed by atoms with Gasteiger partial charge >= 0.3 is 5.97 Å². The molecular formula is C29H25Cl2N3O4S. The Kier molecular flexibility index (Phi) is 7.53. The largest absolute Gasteiger partial charge is 0.463 e. The molecule has 39 heavy (non-hydrogen) atoms. The highest BCUT2D eigenvalue weighted by atomic mass is 35.5. The van der Waals surface area contributed by atoms with Gasteiger partial charge in [-0.25, -0.2) is 9.79 Å². The molecule has 5 rings (SSSR count). The zero-order chi connectivity index (χ0) is 27.8. The van der Waals surface area contributed by atoms with Crippen LogP contribution in [0.25, 0.3) is 17.4 Å². The second-order valence-electron chi connectivity index (χ2n) is 9.12. The van der Waals surface area contributed by atoms with Crippen LogP contribution in [-0.4, -0.2) is 31.2 Å². The Morgan fingerprint density at radius 1 is 1.13 bits per heavy atom. The number of hydrogen-bond acceptors (Lipinski definition) is 7. The van der Waals surface area contributed by atoms with Crippen molar-refractivity contribution in [2.45, 2.75) is 19.9 Å². The van der Waals surface area contributed by atoms with Gasteiger partial charge < -0.3 is 14.1 Å². The second-order valence-corrected chi connectivity index (χ2v) is 10.9. The zero-order valence-corrected chi connectivity index (χ0v) is 24.0. The van der Waals surface area contributed by atoms with Gasteiger partial charge in [-0.2, -0.15) is 0 Å². The van der Waals surface area contributed by atoms with Gasteiger partial charge in [0.05, 0.1) is 32.5 Å². The number of aromatic nitrogens is 1. The maximum atomic E-state index is 13.8. The minimum atomic E-state index is -0.852. The minimum Gasteiger partial charge on any atom is -0.463 e. The summed E-state index contributed by atoms with van der Waals surface area (Å²) in [5.41, 5.74) is 3.09. The Morgan fingerprint density at radius 2 is 1.87 bits per heavy atom. The topological polar surface area (TPSA) is 77.0 Å². The van der Waals surface area contributed by atoms with Gasteiger partial charge in [0.1, 0.15) is 17.6 Å². The first-order valence-corrected chi connectivity index (χ1v) is 13.8. The SMILES string of the molecule is CCOC(=O)C1=C(C)N=c2s/c(=C\c3ccc(N(C)C)cc3)c(=O)n2[C@H]1c1ccc(-c2ccc(Cl)c(Cl)c2)o1. The Balaban J connectivity index is 1.65. The highest BCUT2D eigenvalue weighted by Crippen LogP contribution is 2.35. The number of carbonyl (C=O) groups excluding carboxylic acids is 1. The Hall–Kier alpha value is -3.59. The number of esters is 1. The highest BCUT2D eigenvalue weighted by Gasteiger charge is 2.35. The van der Waals surface area contributed by atoms with E-state index in [1.807, 2.05) is 49.3 Å². The minimum absolute atomic E-state index is 0.183. The third-order valence-corrected chi connectivity index (χ3v) is 8.05. The third kappa shape index (κ3) is 5.20. The van der Waals surface area contributed by atoms with Crippen molar-refractivity contribution < 1.29 is 13.9 Å². The molecule has 10 heteroatoms. The number of fused-ring (bicyclic) bond motifs is 1. The van der Waals surface area contributed by atoms with Crippen LogP contribution in [-0.2, 0) is 9.53 Å². The van der Waals surface area contributed by atoms with Crippen LogP contribution in [0.15, 0.2) is 80.1 Å². The molecule has 2 aromatic heterocycles. The first-order valence-electron chi connectivity index (χ1n) is 12.2. The number of halogens is 2. The van der Waals surface area contributed by atoms with E-state index in [0.717, 1.165) is 11.3 Å². The van der Waals surface area contributed by atoms with Crippen molar-refractivity contribution in [3.63, 3.8) is 0 Å². The Morgan fingerprint density at radius 3 is 2.54 bits per heavy atom. The van der Waals surface area contributed by atoms with Gasteiger partial charge in [0.2, 0.25) is 0 Å². The molecule has 7 nitrogen and oxygen atoms in total. The zero-order valence-electron chi connectivity index (χ0n) is 21.7. The Bertz CT molecular complexity index is 1780. The van der Waals surface area contributed by atoms with Gasteiger partial charge in [-0.15, -0.1) is 0 Å². The lowest BCUT2D eigenvalue weighted by Crippen LogP contribution is -2.39. The van der Waals surface area contributed by atoms with Crippen LogP contribution >= 0.6 is 34.5 Å². The van der Waals surface area contributed by atoms with E-state index in [4.69, 9.17) is 32.4 Å². The van der Waals surface area contributed by atoms with Crippen LogP contribution in [0.4, 0.5) is 5.69 Å². The number of carbonyl (C=O) groups is 1. The quantitative estimate of drug-likeness (QED) is 0.284. The fourth-order valence-corrected chi connectivity index (χ4v) is 5.73. The lowest BCUT2D eigenvalue weighted by molar-refractivity contribution is -0.139. The van der Waals surface area contributed by atoms with E-state index in [9.17, 15) is 9.59 Å². The molecule has 0 amide bonds. The van der Waals surface area contributed by atoms with E-state index < -0.39 is 12.0 Å². The highest BCUT2D eigenvalue weighted by molar-refractivity contribution is 7.07. The van der Waals surface area contributed by atoms with Gasteiger partial charge in [0.25, 0.3) is 5.56 Å². The number of thiazole rings is 1. The molecule has 0 N–H and O–H groups in total. The van der Waals surface area contributed by atoms with Crippen LogP contribution in [0.2, 0.25) is 10.0 Å². The second kappa shape index (κ2) is 10.9. The van der Waals surface area contributed by atoms with E-state index in [-0.39, 0.29) is 17.7 Å². The summed E-state index contributed by atoms with van der Waals surface area (Å²) < 4.78 is 13.6. The Labute approximate surface area is 238 Å². The molecular weight excluding hydrogens is 557 g/mol. The summed E-state index contributed by atoms with van der Waals surface area (Å²) in [5.74, 6) is 0.366. The average molecular weight is 583 g/mol. The van der Waals surface area contributed by atoms with Crippen LogP contribution in [0.3, 0.4) is 0 Å². The molecule has 3 heterocycles. The summed E-state index contributed by atoms with van der Waals surface area (Å²) in [6.45, 7) is 3.65. The van der Waals surface area contributed by atoms with Gasteiger partial charge in [-0.3, -0.25) is 9.36 Å². The summed E-state index contributed by atoms with van der Waals surface area (Å²) in [7, 11) is 3.94. The standard InChI is InChI=1S/C29H25Cl2N3O4S/c1-5-37-28(36)25-16(2)32-29-34(27(35)24(39-29)14-17-6-9-19(10-7-17)33(3)4)26(25)23-13-12-22(38-23)18-8-11-20(30)21(31)15-18/h6-15,26H,5H2,1-4H3/b24-14-/t26-/m0/s1. The number of ether oxygens (including phenoxy) is 1. The van der Waals surface area contributed by atoms with Gasteiger partial charge in [0, 0.05) is 25.3 Å². The molecule has 4 aromatic rings. The summed E-state index contributed by atoms with van der Waals surface area (Å²) >= 11 is 13.6. The van der Waals surface area contributed by atoms with Crippen LogP contribution in [0.5, 0.6) is 0 Å². The normalized spacial score (nSPS) is 15.2. The fourth-order valence-electron chi connectivity index (χ4n) is 4.39. The monoisotopic (exact) mass is 581 g/mol. The van der Waals surface area contributed by atoms with Crippen molar-refractivity contribution in [3.8, 4) is 11.3 Å². The molecule has 0 spiro atoms. The fraction of sp³-hybridized carbons (Fsp3) is 0.207. The number of benzene rings is 2. The summed E-state index contributed by atoms with van der Waals surface area (Å²) in [6, 6.07) is 15.7. The number of nitrogens with zero attached hydrogens (tertiary/aromatic N) is 3. The molecule has 200 valence electrons. The molecule has 1 aliphatic rings.